The predicted molar refractivity (Wildman–Crippen MR) is 79.3 cm³/mol. The van der Waals surface area contributed by atoms with Crippen molar-refractivity contribution in [1.82, 2.24) is 4.98 Å². The van der Waals surface area contributed by atoms with Crippen LogP contribution < -0.4 is 14.9 Å². The lowest BCUT2D eigenvalue weighted by molar-refractivity contribution is 0.340. The van der Waals surface area contributed by atoms with E-state index in [1.807, 2.05) is 12.3 Å². The van der Waals surface area contributed by atoms with Crippen LogP contribution >= 0.6 is 11.3 Å². The molecular formula is C13H15N3O3S. The number of benzene rings is 1. The van der Waals surface area contributed by atoms with Gasteiger partial charge in [0, 0.05) is 10.9 Å². The number of aryl methyl sites for hydroxylation is 1. The molecule has 0 bridgehead atoms. The van der Waals surface area contributed by atoms with Gasteiger partial charge in [0.25, 0.3) is 0 Å². The molecule has 0 aliphatic carbocycles. The number of nitrogens with one attached hydrogen (secondary N) is 1. The van der Waals surface area contributed by atoms with Gasteiger partial charge in [-0.25, -0.2) is 4.98 Å². The first-order valence-corrected chi connectivity index (χ1v) is 6.68. The third-order valence-corrected chi connectivity index (χ3v) is 3.36. The average molecular weight is 293 g/mol. The van der Waals surface area contributed by atoms with Crippen molar-refractivity contribution < 1.29 is 14.6 Å². The molecule has 1 aromatic carbocycles. The Labute approximate surface area is 120 Å². The lowest BCUT2D eigenvalue weighted by Crippen LogP contribution is -1.94. The summed E-state index contributed by atoms with van der Waals surface area (Å²) in [4.78, 5) is 4.23. The number of nitrogens with zero attached hydrogens (tertiary/aromatic N) is 2. The van der Waals surface area contributed by atoms with Crippen molar-refractivity contribution in [1.29, 1.82) is 0 Å². The summed E-state index contributed by atoms with van der Waals surface area (Å²) in [5.41, 5.74) is 4.51. The third kappa shape index (κ3) is 3.18. The zero-order valence-electron chi connectivity index (χ0n) is 11.4. The number of hydrogen-bond acceptors (Lipinski definition) is 7. The highest BCUT2D eigenvalue weighted by Gasteiger charge is 2.10. The molecule has 6 nitrogen and oxygen atoms in total. The average Bonchev–Trinajstić information content (AvgIpc) is 2.86. The van der Waals surface area contributed by atoms with E-state index in [9.17, 15) is 5.11 Å². The van der Waals surface area contributed by atoms with E-state index in [-0.39, 0.29) is 5.75 Å². The van der Waals surface area contributed by atoms with Gasteiger partial charge in [-0.2, -0.15) is 5.10 Å². The molecule has 0 fully saturated rings. The largest absolute Gasteiger partial charge is 0.502 e. The van der Waals surface area contributed by atoms with Gasteiger partial charge in [0.05, 0.1) is 26.1 Å². The molecule has 0 unspecified atom stereocenters. The lowest BCUT2D eigenvalue weighted by atomic mass is 10.2. The molecule has 0 radical (unpaired) electrons. The zero-order valence-corrected chi connectivity index (χ0v) is 12.2. The summed E-state index contributed by atoms with van der Waals surface area (Å²) in [5.74, 6) is 0.627. The van der Waals surface area contributed by atoms with Crippen LogP contribution in [0.4, 0.5) is 5.13 Å². The Morgan fingerprint density at radius 2 is 1.95 bits per heavy atom. The molecule has 2 aromatic rings. The van der Waals surface area contributed by atoms with E-state index in [0.717, 1.165) is 16.4 Å². The van der Waals surface area contributed by atoms with Gasteiger partial charge in [-0.1, -0.05) is 0 Å². The molecule has 7 heteroatoms. The number of phenolic OH excluding ortho intramolecular Hbond substituents is 1. The van der Waals surface area contributed by atoms with Crippen LogP contribution in [0.2, 0.25) is 0 Å². The van der Waals surface area contributed by atoms with Gasteiger partial charge < -0.3 is 14.6 Å². The molecule has 0 spiro atoms. The Morgan fingerprint density at radius 3 is 2.45 bits per heavy atom. The van der Waals surface area contributed by atoms with E-state index in [1.54, 1.807) is 18.3 Å². The van der Waals surface area contributed by atoms with Gasteiger partial charge in [-0.15, -0.1) is 11.3 Å². The Kier molecular flexibility index (Phi) is 4.41. The van der Waals surface area contributed by atoms with Gasteiger partial charge in [0.1, 0.15) is 0 Å². The van der Waals surface area contributed by atoms with Crippen LogP contribution in [0.25, 0.3) is 0 Å². The summed E-state index contributed by atoms with van der Waals surface area (Å²) < 4.78 is 10.1. The Hall–Kier alpha value is -2.28. The van der Waals surface area contributed by atoms with Crippen molar-refractivity contribution in [2.75, 3.05) is 19.6 Å². The minimum Gasteiger partial charge on any atom is -0.502 e. The Bertz CT molecular complexity index is 600. The minimum atomic E-state index is -0.0318. The van der Waals surface area contributed by atoms with Crippen molar-refractivity contribution in [2.45, 2.75) is 6.92 Å². The first-order chi connectivity index (χ1) is 9.63. The predicted octanol–water partition coefficient (Wildman–Crippen LogP) is 2.62. The molecule has 0 aliphatic heterocycles. The molecule has 106 valence electrons. The van der Waals surface area contributed by atoms with E-state index in [4.69, 9.17) is 9.47 Å². The number of hydrogen-bond donors (Lipinski definition) is 2. The Balaban J connectivity index is 2.16. The van der Waals surface area contributed by atoms with E-state index >= 15 is 0 Å². The van der Waals surface area contributed by atoms with Crippen LogP contribution in [0.1, 0.15) is 11.3 Å². The van der Waals surface area contributed by atoms with Gasteiger partial charge in [0.2, 0.25) is 10.9 Å². The number of thiazole rings is 1. The Morgan fingerprint density at radius 1 is 1.30 bits per heavy atom. The molecule has 2 N–H and O–H groups in total. The van der Waals surface area contributed by atoms with Crippen molar-refractivity contribution in [3.8, 4) is 17.2 Å². The number of anilines is 1. The van der Waals surface area contributed by atoms with Gasteiger partial charge in [0.15, 0.2) is 11.5 Å². The van der Waals surface area contributed by atoms with E-state index in [2.05, 4.69) is 15.5 Å². The summed E-state index contributed by atoms with van der Waals surface area (Å²) in [6.07, 6.45) is 1.60. The monoisotopic (exact) mass is 293 g/mol. The molecule has 0 amide bonds. The molecule has 0 saturated carbocycles. The summed E-state index contributed by atoms with van der Waals surface area (Å²) in [7, 11) is 2.96. The third-order valence-electron chi connectivity index (χ3n) is 2.49. The number of methoxy groups -OCH3 is 2. The number of phenols is 1. The topological polar surface area (TPSA) is 76.0 Å². The van der Waals surface area contributed by atoms with Crippen LogP contribution in [0.5, 0.6) is 17.2 Å². The summed E-state index contributed by atoms with van der Waals surface area (Å²) in [6.45, 7) is 1.92. The van der Waals surface area contributed by atoms with Gasteiger partial charge in [-0.05, 0) is 19.1 Å². The number of hydrazone groups is 1. The molecule has 0 saturated heterocycles. The maximum Gasteiger partial charge on any atom is 0.203 e. The lowest BCUT2D eigenvalue weighted by Gasteiger charge is -2.09. The maximum absolute atomic E-state index is 9.80. The van der Waals surface area contributed by atoms with E-state index in [1.165, 1.54) is 25.6 Å². The molecule has 2 rings (SSSR count). The number of aromatic nitrogens is 1. The SMILES string of the molecule is COc1cc(/C=N\Nc2nc(C)cs2)cc(OC)c1O. The van der Waals surface area contributed by atoms with Gasteiger partial charge in [-0.3, -0.25) is 5.43 Å². The summed E-state index contributed by atoms with van der Waals surface area (Å²) in [6, 6.07) is 3.33. The minimum absolute atomic E-state index is 0.0318. The molecule has 0 aliphatic rings. The number of aromatic hydroxyl groups is 1. The van der Waals surface area contributed by atoms with Crippen LogP contribution in [-0.2, 0) is 0 Å². The highest BCUT2D eigenvalue weighted by molar-refractivity contribution is 7.13. The van der Waals surface area contributed by atoms with Crippen molar-refractivity contribution >= 4 is 22.7 Å². The van der Waals surface area contributed by atoms with Crippen LogP contribution in [0, 0.1) is 6.92 Å². The van der Waals surface area contributed by atoms with E-state index < -0.39 is 0 Å². The van der Waals surface area contributed by atoms with Gasteiger partial charge >= 0.3 is 0 Å². The molecule has 1 aromatic heterocycles. The van der Waals surface area contributed by atoms with E-state index in [0.29, 0.717) is 11.5 Å². The maximum atomic E-state index is 9.80. The molecule has 0 atom stereocenters. The highest BCUT2D eigenvalue weighted by Crippen LogP contribution is 2.36. The normalized spacial score (nSPS) is 10.8. The van der Waals surface area contributed by atoms with Crippen LogP contribution in [0.3, 0.4) is 0 Å². The second kappa shape index (κ2) is 6.25. The summed E-state index contributed by atoms with van der Waals surface area (Å²) in [5, 5.41) is 16.5. The molecule has 20 heavy (non-hydrogen) atoms. The van der Waals surface area contributed by atoms with Crippen molar-refractivity contribution in [2.24, 2.45) is 5.10 Å². The second-order valence-electron chi connectivity index (χ2n) is 3.94. The smallest absolute Gasteiger partial charge is 0.203 e. The number of rotatable bonds is 5. The number of ether oxygens (including phenoxy) is 2. The van der Waals surface area contributed by atoms with Crippen molar-refractivity contribution in [3.63, 3.8) is 0 Å². The van der Waals surface area contributed by atoms with Crippen LogP contribution in [-0.4, -0.2) is 30.5 Å². The summed E-state index contributed by atoms with van der Waals surface area (Å²) >= 11 is 1.48. The zero-order chi connectivity index (χ0) is 14.5. The molecule has 1 heterocycles. The van der Waals surface area contributed by atoms with Crippen molar-refractivity contribution in [3.05, 3.63) is 28.8 Å². The molecular weight excluding hydrogens is 278 g/mol. The highest BCUT2D eigenvalue weighted by atomic mass is 32.1. The first-order valence-electron chi connectivity index (χ1n) is 5.80. The fraction of sp³-hybridized carbons (Fsp3) is 0.231. The standard InChI is InChI=1S/C13H15N3O3S/c1-8-7-20-13(15-8)16-14-6-9-4-10(18-2)12(17)11(5-9)19-3/h4-7,17H,1-3H3,(H,15,16)/b14-6-. The fourth-order valence-corrected chi connectivity index (χ4v) is 2.19. The second-order valence-corrected chi connectivity index (χ2v) is 4.80. The first kappa shape index (κ1) is 14.1. The quantitative estimate of drug-likeness (QED) is 0.654. The van der Waals surface area contributed by atoms with Crippen LogP contribution in [0.15, 0.2) is 22.6 Å². The fourth-order valence-electron chi connectivity index (χ4n) is 1.56.